The Morgan fingerprint density at radius 3 is 2.52 bits per heavy atom. The number of aliphatic hydroxyl groups excluding tert-OH is 1. The molecule has 0 unspecified atom stereocenters. The Bertz CT molecular complexity index is 1180. The lowest BCUT2D eigenvalue weighted by atomic mass is 10.1. The van der Waals surface area contributed by atoms with Crippen LogP contribution < -0.4 is 10.9 Å². The van der Waals surface area contributed by atoms with Crippen molar-refractivity contribution in [3.8, 4) is 5.88 Å². The monoisotopic (exact) mass is 500 g/mol. The van der Waals surface area contributed by atoms with Crippen LogP contribution in [0.1, 0.15) is 34.3 Å². The molecule has 2 heterocycles. The molecule has 11 heteroatoms. The number of carbonyl (C=O) groups is 1. The average molecular weight is 502 g/mol. The van der Waals surface area contributed by atoms with Crippen molar-refractivity contribution in [1.82, 2.24) is 19.5 Å². The number of rotatable bonds is 5. The summed E-state index contributed by atoms with van der Waals surface area (Å²) in [6.45, 7) is -0.294. The zero-order valence-electron chi connectivity index (χ0n) is 14.8. The first-order valence-corrected chi connectivity index (χ1v) is 10.2. The highest BCUT2D eigenvalue weighted by molar-refractivity contribution is 9.10. The number of amides is 1. The highest BCUT2D eigenvalue weighted by Crippen LogP contribution is 2.29. The number of halogens is 3. The van der Waals surface area contributed by atoms with Gasteiger partial charge in [0.05, 0.1) is 13.2 Å². The van der Waals surface area contributed by atoms with Crippen LogP contribution >= 0.6 is 39.1 Å². The molecule has 1 aliphatic rings. The van der Waals surface area contributed by atoms with E-state index < -0.39 is 22.9 Å². The molecule has 8 nitrogen and oxygen atoms in total. The molecule has 0 atom stereocenters. The predicted molar refractivity (Wildman–Crippen MR) is 111 cm³/mol. The Morgan fingerprint density at radius 1 is 1.28 bits per heavy atom. The normalized spacial score (nSPS) is 13.8. The van der Waals surface area contributed by atoms with E-state index in [9.17, 15) is 19.8 Å². The first-order valence-electron chi connectivity index (χ1n) is 8.69. The first-order chi connectivity index (χ1) is 13.8. The molecule has 2 aromatic heterocycles. The van der Waals surface area contributed by atoms with Crippen LogP contribution in [0.4, 0.5) is 0 Å². The summed E-state index contributed by atoms with van der Waals surface area (Å²) in [5.41, 5.74) is 0.119. The molecule has 1 amide bonds. The SMILES string of the molecule is O=C(NC1CC1)c1c(O)n2nc(Br)cc2n(Cc2c(Cl)cc(CO)cc2Cl)c1=O. The van der Waals surface area contributed by atoms with Crippen molar-refractivity contribution in [2.24, 2.45) is 0 Å². The minimum Gasteiger partial charge on any atom is -0.492 e. The molecule has 0 bridgehead atoms. The maximum atomic E-state index is 13.2. The first kappa shape index (κ1) is 20.2. The number of fused-ring (bicyclic) bond motifs is 1. The number of aromatic hydroxyl groups is 1. The van der Waals surface area contributed by atoms with Gasteiger partial charge in [-0.3, -0.25) is 14.2 Å². The Hall–Kier alpha value is -2.07. The Morgan fingerprint density at radius 2 is 1.93 bits per heavy atom. The zero-order chi connectivity index (χ0) is 20.9. The van der Waals surface area contributed by atoms with Gasteiger partial charge in [0.15, 0.2) is 5.56 Å². The van der Waals surface area contributed by atoms with Gasteiger partial charge in [-0.15, -0.1) is 0 Å². The van der Waals surface area contributed by atoms with E-state index in [1.165, 1.54) is 10.6 Å². The van der Waals surface area contributed by atoms with E-state index in [0.29, 0.717) is 15.7 Å². The molecule has 0 aliphatic heterocycles. The summed E-state index contributed by atoms with van der Waals surface area (Å²) in [7, 11) is 0. The van der Waals surface area contributed by atoms with Gasteiger partial charge < -0.3 is 15.5 Å². The summed E-state index contributed by atoms with van der Waals surface area (Å²) in [4.78, 5) is 25.8. The quantitative estimate of drug-likeness (QED) is 0.498. The number of carbonyl (C=O) groups excluding carboxylic acids is 1. The minimum atomic E-state index is -0.695. The van der Waals surface area contributed by atoms with E-state index in [1.807, 2.05) is 0 Å². The largest absolute Gasteiger partial charge is 0.492 e. The highest BCUT2D eigenvalue weighted by Gasteiger charge is 2.29. The molecule has 0 spiro atoms. The smallest absolute Gasteiger partial charge is 0.270 e. The molecule has 0 radical (unpaired) electrons. The minimum absolute atomic E-state index is 0.00437. The van der Waals surface area contributed by atoms with Crippen LogP contribution in [-0.4, -0.2) is 36.3 Å². The molecule has 1 aliphatic carbocycles. The van der Waals surface area contributed by atoms with Crippen LogP contribution in [0.2, 0.25) is 10.0 Å². The third kappa shape index (κ3) is 3.75. The molecule has 152 valence electrons. The van der Waals surface area contributed by atoms with Crippen LogP contribution in [0.3, 0.4) is 0 Å². The zero-order valence-corrected chi connectivity index (χ0v) is 17.9. The second-order valence-electron chi connectivity index (χ2n) is 6.77. The van der Waals surface area contributed by atoms with Gasteiger partial charge in [-0.1, -0.05) is 23.2 Å². The lowest BCUT2D eigenvalue weighted by molar-refractivity contribution is 0.0945. The summed E-state index contributed by atoms with van der Waals surface area (Å²) >= 11 is 15.8. The predicted octanol–water partition coefficient (Wildman–Crippen LogP) is 2.70. The maximum Gasteiger partial charge on any atom is 0.270 e. The van der Waals surface area contributed by atoms with Gasteiger partial charge in [0, 0.05) is 27.7 Å². The van der Waals surface area contributed by atoms with Crippen molar-refractivity contribution in [3.05, 3.63) is 59.9 Å². The molecular formula is C18H15BrCl2N4O4. The number of nitrogens with zero attached hydrogens (tertiary/aromatic N) is 3. The summed E-state index contributed by atoms with van der Waals surface area (Å²) in [5, 5.41) is 27.2. The number of nitrogens with one attached hydrogen (secondary N) is 1. The summed E-state index contributed by atoms with van der Waals surface area (Å²) < 4.78 is 2.75. The number of aliphatic hydroxyl groups is 1. The van der Waals surface area contributed by atoms with E-state index in [0.717, 1.165) is 17.4 Å². The van der Waals surface area contributed by atoms with Crippen molar-refractivity contribution >= 4 is 50.7 Å². The van der Waals surface area contributed by atoms with Gasteiger partial charge in [-0.2, -0.15) is 9.61 Å². The molecule has 0 saturated heterocycles. The number of benzene rings is 1. The van der Waals surface area contributed by atoms with Crippen LogP contribution in [0.5, 0.6) is 5.88 Å². The number of aromatic nitrogens is 3. The van der Waals surface area contributed by atoms with Crippen molar-refractivity contribution < 1.29 is 15.0 Å². The Kier molecular flexibility index (Phi) is 5.32. The molecule has 1 aromatic carbocycles. The van der Waals surface area contributed by atoms with Crippen molar-refractivity contribution in [2.75, 3.05) is 0 Å². The Balaban J connectivity index is 1.90. The van der Waals surface area contributed by atoms with Crippen molar-refractivity contribution in [1.29, 1.82) is 0 Å². The third-order valence-corrected chi connectivity index (χ3v) is 5.72. The van der Waals surface area contributed by atoms with E-state index in [1.54, 1.807) is 12.1 Å². The van der Waals surface area contributed by atoms with Gasteiger partial charge in [0.1, 0.15) is 10.3 Å². The summed E-state index contributed by atoms with van der Waals surface area (Å²) in [6, 6.07) is 4.65. The van der Waals surface area contributed by atoms with Gasteiger partial charge in [0.25, 0.3) is 11.5 Å². The fraction of sp³-hybridized carbons (Fsp3) is 0.278. The topological polar surface area (TPSA) is 109 Å². The third-order valence-electron chi connectivity index (χ3n) is 4.66. The van der Waals surface area contributed by atoms with Gasteiger partial charge >= 0.3 is 0 Å². The lowest BCUT2D eigenvalue weighted by Gasteiger charge is -2.15. The van der Waals surface area contributed by atoms with E-state index in [-0.39, 0.29) is 34.9 Å². The molecule has 4 rings (SSSR count). The molecular weight excluding hydrogens is 487 g/mol. The fourth-order valence-electron chi connectivity index (χ4n) is 3.02. The van der Waals surface area contributed by atoms with E-state index >= 15 is 0 Å². The molecule has 3 aromatic rings. The highest BCUT2D eigenvalue weighted by atomic mass is 79.9. The molecule has 1 fully saturated rings. The van der Waals surface area contributed by atoms with Crippen molar-refractivity contribution in [3.63, 3.8) is 0 Å². The van der Waals surface area contributed by atoms with Gasteiger partial charge in [0.2, 0.25) is 5.88 Å². The molecule has 3 N–H and O–H groups in total. The summed E-state index contributed by atoms with van der Waals surface area (Å²) in [5.74, 6) is -1.21. The van der Waals surface area contributed by atoms with E-state index in [2.05, 4.69) is 26.3 Å². The van der Waals surface area contributed by atoms with Crippen LogP contribution in [0.25, 0.3) is 5.65 Å². The standard InChI is InChI=1S/C18H15BrCl2N4O4/c19-13-5-14-24(6-10-11(20)3-8(7-26)4-12(10)21)17(28)15(18(29)25(14)23-13)16(27)22-9-1-2-9/h3-5,9,26,29H,1-2,6-7H2,(H,22,27). The molecule has 1 saturated carbocycles. The lowest BCUT2D eigenvalue weighted by Crippen LogP contribution is -2.35. The maximum absolute atomic E-state index is 13.2. The van der Waals surface area contributed by atoms with Gasteiger partial charge in [-0.05, 0) is 46.5 Å². The summed E-state index contributed by atoms with van der Waals surface area (Å²) in [6.07, 6.45) is 1.66. The fourth-order valence-corrected chi connectivity index (χ4v) is 4.04. The number of hydrogen-bond acceptors (Lipinski definition) is 5. The van der Waals surface area contributed by atoms with Crippen LogP contribution in [0, 0.1) is 0 Å². The van der Waals surface area contributed by atoms with Crippen molar-refractivity contribution in [2.45, 2.75) is 32.0 Å². The van der Waals surface area contributed by atoms with Crippen LogP contribution in [0.15, 0.2) is 27.6 Å². The second kappa shape index (κ2) is 7.64. The van der Waals surface area contributed by atoms with E-state index in [4.69, 9.17) is 23.2 Å². The van der Waals surface area contributed by atoms with Gasteiger partial charge in [-0.25, -0.2) is 0 Å². The van der Waals surface area contributed by atoms with Crippen LogP contribution in [-0.2, 0) is 13.2 Å². The number of hydrogen-bond donors (Lipinski definition) is 3. The second-order valence-corrected chi connectivity index (χ2v) is 8.40. The Labute approximate surface area is 182 Å². The molecule has 29 heavy (non-hydrogen) atoms. The average Bonchev–Trinajstić information content (AvgIpc) is 3.38.